The van der Waals surface area contributed by atoms with Crippen molar-refractivity contribution in [2.24, 2.45) is 22.9 Å². The van der Waals surface area contributed by atoms with Gasteiger partial charge in [0, 0.05) is 13.1 Å². The van der Waals surface area contributed by atoms with Crippen LogP contribution in [0.25, 0.3) is 0 Å². The Labute approximate surface area is 99.5 Å². The molecule has 0 saturated carbocycles. The Kier molecular flexibility index (Phi) is 11.1. The Morgan fingerprint density at radius 1 is 0.750 bits per heavy atom. The van der Waals surface area contributed by atoms with Crippen molar-refractivity contribution in [1.29, 1.82) is 0 Å². The fraction of sp³-hybridized carbons (Fsp3) is 1.00. The average molecular weight is 231 g/mol. The summed E-state index contributed by atoms with van der Waals surface area (Å²) in [6, 6.07) is 0. The summed E-state index contributed by atoms with van der Waals surface area (Å²) in [7, 11) is 0. The summed E-state index contributed by atoms with van der Waals surface area (Å²) in [5, 5.41) is 0. The molecule has 0 aliphatic heterocycles. The maximum absolute atomic E-state index is 6.14. The molecule has 0 spiro atoms. The molecule has 16 heavy (non-hydrogen) atoms. The Morgan fingerprint density at radius 2 is 1.25 bits per heavy atom. The van der Waals surface area contributed by atoms with E-state index in [9.17, 15) is 0 Å². The van der Waals surface area contributed by atoms with E-state index in [1.165, 1.54) is 0 Å². The first-order chi connectivity index (χ1) is 7.76. The van der Waals surface area contributed by atoms with Crippen molar-refractivity contribution in [2.45, 2.75) is 38.3 Å². The van der Waals surface area contributed by atoms with Gasteiger partial charge in [0.1, 0.15) is 0 Å². The molecular formula is C11H29N5. The molecule has 5 nitrogen and oxygen atoms in total. The fourth-order valence-corrected chi connectivity index (χ4v) is 1.71. The molecular weight excluding hydrogens is 202 g/mol. The van der Waals surface area contributed by atoms with E-state index < -0.39 is 0 Å². The fourth-order valence-electron chi connectivity index (χ4n) is 1.71. The summed E-state index contributed by atoms with van der Waals surface area (Å²) in [6.45, 7) is 4.13. The third kappa shape index (κ3) is 8.01. The molecule has 1 atom stereocenters. The van der Waals surface area contributed by atoms with Crippen LogP contribution >= 0.6 is 0 Å². The molecule has 0 fully saturated rings. The van der Waals surface area contributed by atoms with Gasteiger partial charge in [0.2, 0.25) is 0 Å². The second-order valence-electron chi connectivity index (χ2n) is 4.17. The summed E-state index contributed by atoms with van der Waals surface area (Å²) in [5.74, 6) is 0. The summed E-state index contributed by atoms with van der Waals surface area (Å²) >= 11 is 0. The van der Waals surface area contributed by atoms with Crippen molar-refractivity contribution >= 4 is 0 Å². The molecule has 0 heterocycles. The SMILES string of the molecule is NCCCCC(N)N(CCCN)CCCN. The van der Waals surface area contributed by atoms with Crippen LogP contribution in [0.4, 0.5) is 0 Å². The van der Waals surface area contributed by atoms with Crippen molar-refractivity contribution < 1.29 is 0 Å². The number of hydrogen-bond donors (Lipinski definition) is 4. The number of hydrogen-bond acceptors (Lipinski definition) is 5. The molecule has 1 unspecified atom stereocenters. The Hall–Kier alpha value is -0.200. The maximum Gasteiger partial charge on any atom is 0.0571 e. The van der Waals surface area contributed by atoms with E-state index in [4.69, 9.17) is 22.9 Å². The predicted octanol–water partition coefficient (Wildman–Crippen LogP) is -0.600. The Balaban J connectivity index is 3.83. The van der Waals surface area contributed by atoms with Gasteiger partial charge in [0.25, 0.3) is 0 Å². The number of unbranched alkanes of at least 4 members (excludes halogenated alkanes) is 1. The van der Waals surface area contributed by atoms with Crippen molar-refractivity contribution in [3.05, 3.63) is 0 Å². The zero-order chi connectivity index (χ0) is 12.2. The molecule has 0 bridgehead atoms. The molecule has 0 radical (unpaired) electrons. The molecule has 0 aliphatic rings. The third-order valence-corrected chi connectivity index (χ3v) is 2.72. The highest BCUT2D eigenvalue weighted by molar-refractivity contribution is 4.67. The van der Waals surface area contributed by atoms with E-state index in [0.717, 1.165) is 51.7 Å². The third-order valence-electron chi connectivity index (χ3n) is 2.72. The van der Waals surface area contributed by atoms with Gasteiger partial charge in [-0.2, -0.15) is 0 Å². The van der Waals surface area contributed by atoms with Gasteiger partial charge in [0.05, 0.1) is 6.17 Å². The zero-order valence-corrected chi connectivity index (χ0v) is 10.4. The minimum atomic E-state index is 0.129. The number of rotatable bonds is 11. The minimum absolute atomic E-state index is 0.129. The first kappa shape index (κ1) is 15.8. The lowest BCUT2D eigenvalue weighted by Crippen LogP contribution is -2.44. The van der Waals surface area contributed by atoms with Crippen molar-refractivity contribution in [2.75, 3.05) is 32.7 Å². The van der Waals surface area contributed by atoms with Crippen LogP contribution in [0.2, 0.25) is 0 Å². The first-order valence-corrected chi connectivity index (χ1v) is 6.36. The van der Waals surface area contributed by atoms with Crippen molar-refractivity contribution in [1.82, 2.24) is 4.90 Å². The first-order valence-electron chi connectivity index (χ1n) is 6.36. The van der Waals surface area contributed by atoms with Crippen LogP contribution in [-0.2, 0) is 0 Å². The van der Waals surface area contributed by atoms with Crippen LogP contribution in [0.3, 0.4) is 0 Å². The van der Waals surface area contributed by atoms with E-state index in [-0.39, 0.29) is 6.17 Å². The van der Waals surface area contributed by atoms with Gasteiger partial charge in [0.15, 0.2) is 0 Å². The van der Waals surface area contributed by atoms with Crippen LogP contribution < -0.4 is 22.9 Å². The van der Waals surface area contributed by atoms with Gasteiger partial charge in [-0.05, 0) is 51.7 Å². The largest absolute Gasteiger partial charge is 0.330 e. The lowest BCUT2D eigenvalue weighted by atomic mass is 10.1. The van der Waals surface area contributed by atoms with E-state index in [1.54, 1.807) is 0 Å². The molecule has 0 aliphatic carbocycles. The van der Waals surface area contributed by atoms with Gasteiger partial charge in [-0.3, -0.25) is 4.90 Å². The van der Waals surface area contributed by atoms with Crippen LogP contribution in [0.1, 0.15) is 32.1 Å². The summed E-state index contributed by atoms with van der Waals surface area (Å²) in [6.07, 6.45) is 5.27. The Bertz CT molecular complexity index is 134. The van der Waals surface area contributed by atoms with Gasteiger partial charge in [-0.15, -0.1) is 0 Å². The topological polar surface area (TPSA) is 107 Å². The second-order valence-corrected chi connectivity index (χ2v) is 4.17. The lowest BCUT2D eigenvalue weighted by Gasteiger charge is -2.28. The van der Waals surface area contributed by atoms with Crippen molar-refractivity contribution in [3.63, 3.8) is 0 Å². The Morgan fingerprint density at radius 3 is 1.69 bits per heavy atom. The molecule has 8 N–H and O–H groups in total. The van der Waals surface area contributed by atoms with Gasteiger partial charge in [-0.25, -0.2) is 0 Å². The minimum Gasteiger partial charge on any atom is -0.330 e. The molecule has 0 amide bonds. The van der Waals surface area contributed by atoms with Crippen LogP contribution in [0, 0.1) is 0 Å². The van der Waals surface area contributed by atoms with E-state index in [1.807, 2.05) is 0 Å². The second kappa shape index (κ2) is 11.3. The monoisotopic (exact) mass is 231 g/mol. The van der Waals surface area contributed by atoms with Crippen LogP contribution in [0.15, 0.2) is 0 Å². The zero-order valence-electron chi connectivity index (χ0n) is 10.4. The van der Waals surface area contributed by atoms with E-state index >= 15 is 0 Å². The smallest absolute Gasteiger partial charge is 0.0571 e. The van der Waals surface area contributed by atoms with Gasteiger partial charge in [-0.1, -0.05) is 0 Å². The van der Waals surface area contributed by atoms with E-state index in [2.05, 4.69) is 4.90 Å². The quantitative estimate of drug-likeness (QED) is 0.280. The molecule has 0 aromatic carbocycles. The van der Waals surface area contributed by atoms with Crippen LogP contribution in [-0.4, -0.2) is 43.8 Å². The van der Waals surface area contributed by atoms with Gasteiger partial charge >= 0.3 is 0 Å². The summed E-state index contributed by atoms with van der Waals surface area (Å²) in [5.41, 5.74) is 22.6. The normalized spacial score (nSPS) is 13.3. The highest BCUT2D eigenvalue weighted by atomic mass is 15.2. The number of nitrogens with zero attached hydrogens (tertiary/aromatic N) is 1. The van der Waals surface area contributed by atoms with Crippen molar-refractivity contribution in [3.8, 4) is 0 Å². The average Bonchev–Trinajstić information content (AvgIpc) is 2.29. The van der Waals surface area contributed by atoms with Crippen LogP contribution in [0.5, 0.6) is 0 Å². The lowest BCUT2D eigenvalue weighted by molar-refractivity contribution is 0.185. The summed E-state index contributed by atoms with van der Waals surface area (Å²) in [4.78, 5) is 2.29. The predicted molar refractivity (Wildman–Crippen MR) is 69.8 cm³/mol. The van der Waals surface area contributed by atoms with E-state index in [0.29, 0.717) is 13.1 Å². The highest BCUT2D eigenvalue weighted by Crippen LogP contribution is 2.05. The molecule has 0 aromatic heterocycles. The van der Waals surface area contributed by atoms with Gasteiger partial charge < -0.3 is 22.9 Å². The number of nitrogens with two attached hydrogens (primary N) is 4. The molecule has 5 heteroatoms. The highest BCUT2D eigenvalue weighted by Gasteiger charge is 2.12. The molecule has 0 saturated heterocycles. The maximum atomic E-state index is 6.14. The summed E-state index contributed by atoms with van der Waals surface area (Å²) < 4.78 is 0. The molecule has 0 aromatic rings. The molecule has 98 valence electrons. The molecule has 0 rings (SSSR count). The standard InChI is InChI=1S/C11H29N5/c12-6-2-1-5-11(15)16(9-3-7-13)10-4-8-14/h11H,1-10,12-15H2.